The van der Waals surface area contributed by atoms with E-state index in [0.29, 0.717) is 6.04 Å². The molecular weight excluding hydrogens is 250 g/mol. The first-order valence-corrected chi connectivity index (χ1v) is 7.39. The normalized spacial score (nSPS) is 19.5. The molecular formula is C16H25N3O. The summed E-state index contributed by atoms with van der Waals surface area (Å²) in [4.78, 5) is 16.4. The Balaban J connectivity index is 1.95. The van der Waals surface area contributed by atoms with Crippen LogP contribution in [0.25, 0.3) is 0 Å². The molecule has 4 heteroatoms. The second-order valence-corrected chi connectivity index (χ2v) is 5.76. The van der Waals surface area contributed by atoms with Crippen molar-refractivity contribution in [2.24, 2.45) is 5.73 Å². The zero-order valence-corrected chi connectivity index (χ0v) is 12.5. The average Bonchev–Trinajstić information content (AvgIpc) is 2.87. The molecule has 1 unspecified atom stereocenters. The van der Waals surface area contributed by atoms with Gasteiger partial charge < -0.3 is 10.6 Å². The van der Waals surface area contributed by atoms with Gasteiger partial charge in [0.2, 0.25) is 5.91 Å². The van der Waals surface area contributed by atoms with Crippen molar-refractivity contribution in [2.75, 3.05) is 19.6 Å². The fourth-order valence-electron chi connectivity index (χ4n) is 3.04. The molecule has 4 nitrogen and oxygen atoms in total. The predicted molar refractivity (Wildman–Crippen MR) is 81.2 cm³/mol. The highest BCUT2D eigenvalue weighted by atomic mass is 16.2. The maximum atomic E-state index is 12.0. The van der Waals surface area contributed by atoms with E-state index in [0.717, 1.165) is 26.1 Å². The van der Waals surface area contributed by atoms with Crippen LogP contribution < -0.4 is 5.73 Å². The first-order chi connectivity index (χ1) is 9.61. The minimum atomic E-state index is 0.0616. The topological polar surface area (TPSA) is 49.6 Å². The van der Waals surface area contributed by atoms with E-state index in [1.165, 1.54) is 5.56 Å². The lowest BCUT2D eigenvalue weighted by Crippen LogP contribution is -2.48. The molecule has 1 heterocycles. The Labute approximate surface area is 121 Å². The van der Waals surface area contributed by atoms with E-state index in [1.807, 2.05) is 11.0 Å². The highest BCUT2D eigenvalue weighted by Crippen LogP contribution is 2.20. The Hall–Kier alpha value is -1.39. The molecule has 1 aromatic carbocycles. The van der Waals surface area contributed by atoms with E-state index in [4.69, 9.17) is 5.73 Å². The second-order valence-electron chi connectivity index (χ2n) is 5.76. The molecule has 1 aliphatic heterocycles. The van der Waals surface area contributed by atoms with Gasteiger partial charge in [-0.2, -0.15) is 0 Å². The Bertz CT molecular complexity index is 433. The third-order valence-corrected chi connectivity index (χ3v) is 3.91. The number of rotatable bonds is 5. The summed E-state index contributed by atoms with van der Waals surface area (Å²) in [7, 11) is 0. The summed E-state index contributed by atoms with van der Waals surface area (Å²) >= 11 is 0. The van der Waals surface area contributed by atoms with Gasteiger partial charge in [-0.05, 0) is 25.8 Å². The number of benzene rings is 1. The molecule has 110 valence electrons. The molecule has 1 aliphatic rings. The highest BCUT2D eigenvalue weighted by molar-refractivity contribution is 5.78. The zero-order valence-electron chi connectivity index (χ0n) is 12.5. The molecule has 0 aliphatic carbocycles. The van der Waals surface area contributed by atoms with E-state index in [1.54, 1.807) is 0 Å². The number of nitrogens with two attached hydrogens (primary N) is 1. The summed E-state index contributed by atoms with van der Waals surface area (Å²) in [5.74, 6) is 0.0616. The summed E-state index contributed by atoms with van der Waals surface area (Å²) < 4.78 is 0. The van der Waals surface area contributed by atoms with Crippen molar-refractivity contribution in [2.45, 2.75) is 38.9 Å². The van der Waals surface area contributed by atoms with Gasteiger partial charge >= 0.3 is 0 Å². The van der Waals surface area contributed by atoms with Gasteiger partial charge in [0.1, 0.15) is 0 Å². The smallest absolute Gasteiger partial charge is 0.236 e. The average molecular weight is 275 g/mol. The van der Waals surface area contributed by atoms with Gasteiger partial charge in [-0.1, -0.05) is 30.3 Å². The molecule has 1 fully saturated rings. The molecule has 0 saturated carbocycles. The number of amides is 1. The van der Waals surface area contributed by atoms with Crippen LogP contribution in [0, 0.1) is 0 Å². The Morgan fingerprint density at radius 1 is 1.40 bits per heavy atom. The van der Waals surface area contributed by atoms with Crippen molar-refractivity contribution in [1.82, 2.24) is 9.80 Å². The highest BCUT2D eigenvalue weighted by Gasteiger charge is 2.31. The van der Waals surface area contributed by atoms with E-state index in [-0.39, 0.29) is 18.5 Å². The number of carbonyl (C=O) groups excluding carboxylic acids is 1. The van der Waals surface area contributed by atoms with Crippen LogP contribution in [0.3, 0.4) is 0 Å². The van der Waals surface area contributed by atoms with E-state index < -0.39 is 0 Å². The summed E-state index contributed by atoms with van der Waals surface area (Å²) in [6, 6.07) is 11.0. The van der Waals surface area contributed by atoms with Crippen LogP contribution in [0.2, 0.25) is 0 Å². The van der Waals surface area contributed by atoms with E-state index in [2.05, 4.69) is 43.0 Å². The van der Waals surface area contributed by atoms with Crippen molar-refractivity contribution in [3.63, 3.8) is 0 Å². The zero-order chi connectivity index (χ0) is 14.5. The van der Waals surface area contributed by atoms with Gasteiger partial charge in [0.25, 0.3) is 0 Å². The van der Waals surface area contributed by atoms with Crippen molar-refractivity contribution in [1.29, 1.82) is 0 Å². The van der Waals surface area contributed by atoms with Crippen molar-refractivity contribution in [3.8, 4) is 0 Å². The molecule has 2 rings (SSSR count). The lowest BCUT2D eigenvalue weighted by atomic mass is 10.1. The summed E-state index contributed by atoms with van der Waals surface area (Å²) in [5.41, 5.74) is 6.86. The first-order valence-electron chi connectivity index (χ1n) is 7.39. The summed E-state index contributed by atoms with van der Waals surface area (Å²) in [6.45, 7) is 7.17. The molecule has 0 bridgehead atoms. The number of carbonyl (C=O) groups is 1. The largest absolute Gasteiger partial charge is 0.335 e. The Morgan fingerprint density at radius 3 is 2.70 bits per heavy atom. The summed E-state index contributed by atoms with van der Waals surface area (Å²) in [6.07, 6.45) is 1.04. The minimum Gasteiger partial charge on any atom is -0.335 e. The Kier molecular flexibility index (Phi) is 5.15. The second kappa shape index (κ2) is 6.86. The van der Waals surface area contributed by atoms with Crippen LogP contribution in [0.1, 0.15) is 25.8 Å². The lowest BCUT2D eigenvalue weighted by molar-refractivity contribution is -0.133. The van der Waals surface area contributed by atoms with Crippen LogP contribution in [-0.2, 0) is 11.3 Å². The van der Waals surface area contributed by atoms with Gasteiger partial charge in [-0.3, -0.25) is 9.69 Å². The quantitative estimate of drug-likeness (QED) is 0.885. The maximum Gasteiger partial charge on any atom is 0.236 e. The van der Waals surface area contributed by atoms with E-state index >= 15 is 0 Å². The van der Waals surface area contributed by atoms with Crippen LogP contribution in [0.4, 0.5) is 0 Å². The fraction of sp³-hybridized carbons (Fsp3) is 0.562. The van der Waals surface area contributed by atoms with Crippen molar-refractivity contribution in [3.05, 3.63) is 35.9 Å². The molecule has 1 saturated heterocycles. The van der Waals surface area contributed by atoms with Crippen molar-refractivity contribution >= 4 is 5.91 Å². The summed E-state index contributed by atoms with van der Waals surface area (Å²) in [5, 5.41) is 0. The molecule has 20 heavy (non-hydrogen) atoms. The van der Waals surface area contributed by atoms with Crippen LogP contribution in [0.15, 0.2) is 30.3 Å². The van der Waals surface area contributed by atoms with Gasteiger partial charge in [0, 0.05) is 31.7 Å². The molecule has 0 spiro atoms. The molecule has 1 aromatic rings. The molecule has 0 radical (unpaired) electrons. The third-order valence-electron chi connectivity index (χ3n) is 3.91. The SMILES string of the molecule is CC(C)N(C(=O)CN)C1CCN(Cc2ccccc2)C1. The van der Waals surface area contributed by atoms with Crippen molar-refractivity contribution < 1.29 is 4.79 Å². The van der Waals surface area contributed by atoms with Gasteiger partial charge in [-0.15, -0.1) is 0 Å². The van der Waals surface area contributed by atoms with Crippen LogP contribution >= 0.6 is 0 Å². The molecule has 2 N–H and O–H groups in total. The monoisotopic (exact) mass is 275 g/mol. The Morgan fingerprint density at radius 2 is 2.10 bits per heavy atom. The predicted octanol–water partition coefficient (Wildman–Crippen LogP) is 1.46. The first kappa shape index (κ1) is 15.0. The fourth-order valence-corrected chi connectivity index (χ4v) is 3.04. The standard InChI is InChI=1S/C16H25N3O/c1-13(2)19(16(20)10-17)15-8-9-18(12-15)11-14-6-4-3-5-7-14/h3-7,13,15H,8-12,17H2,1-2H3. The lowest BCUT2D eigenvalue weighted by Gasteiger charge is -2.32. The number of hydrogen-bond donors (Lipinski definition) is 1. The maximum absolute atomic E-state index is 12.0. The molecule has 1 atom stereocenters. The van der Waals surface area contributed by atoms with Gasteiger partial charge in [0.05, 0.1) is 6.54 Å². The number of nitrogens with zero attached hydrogens (tertiary/aromatic N) is 2. The van der Waals surface area contributed by atoms with Crippen LogP contribution in [-0.4, -0.2) is 47.4 Å². The number of hydrogen-bond acceptors (Lipinski definition) is 3. The molecule has 1 amide bonds. The number of likely N-dealkylation sites (tertiary alicyclic amines) is 1. The molecule has 0 aromatic heterocycles. The minimum absolute atomic E-state index is 0.0616. The van der Waals surface area contributed by atoms with Gasteiger partial charge in [0.15, 0.2) is 0 Å². The van der Waals surface area contributed by atoms with E-state index in [9.17, 15) is 4.79 Å². The van der Waals surface area contributed by atoms with Crippen LogP contribution in [0.5, 0.6) is 0 Å². The third kappa shape index (κ3) is 3.58. The van der Waals surface area contributed by atoms with Gasteiger partial charge in [-0.25, -0.2) is 0 Å².